The third-order valence-corrected chi connectivity index (χ3v) is 3.34. The van der Waals surface area contributed by atoms with Crippen LogP contribution in [-0.2, 0) is 13.5 Å². The highest BCUT2D eigenvalue weighted by Crippen LogP contribution is 2.30. The first kappa shape index (κ1) is 12.6. The van der Waals surface area contributed by atoms with Gasteiger partial charge in [-0.1, -0.05) is 20.8 Å². The molecule has 0 bridgehead atoms. The third-order valence-electron chi connectivity index (χ3n) is 2.97. The monoisotopic (exact) mass is 228 g/mol. The summed E-state index contributed by atoms with van der Waals surface area (Å²) in [4.78, 5) is 0. The Morgan fingerprint density at radius 1 is 1.47 bits per heavy atom. The molecule has 1 unspecified atom stereocenters. The highest BCUT2D eigenvalue weighted by Gasteiger charge is 2.24. The van der Waals surface area contributed by atoms with Gasteiger partial charge in [-0.2, -0.15) is 5.10 Å². The fourth-order valence-corrected chi connectivity index (χ4v) is 2.27. The van der Waals surface area contributed by atoms with E-state index in [0.717, 1.165) is 12.1 Å². The molecule has 1 aromatic heterocycles. The van der Waals surface area contributed by atoms with E-state index in [9.17, 15) is 0 Å². The topological polar surface area (TPSA) is 17.8 Å². The standard InChI is InChI=1S/C12H21ClN2/c1-9-6-11(15(5)14-9)7-10(8-13)12(2,3)4/h6,10H,7-8H2,1-5H3. The first-order chi connectivity index (χ1) is 6.84. The van der Waals surface area contributed by atoms with Gasteiger partial charge in [-0.3, -0.25) is 4.68 Å². The van der Waals surface area contributed by atoms with Gasteiger partial charge in [0.25, 0.3) is 0 Å². The van der Waals surface area contributed by atoms with Crippen molar-refractivity contribution in [2.75, 3.05) is 5.88 Å². The molecule has 0 radical (unpaired) electrons. The van der Waals surface area contributed by atoms with Gasteiger partial charge in [0.15, 0.2) is 0 Å². The minimum absolute atomic E-state index is 0.250. The van der Waals surface area contributed by atoms with Gasteiger partial charge in [-0.05, 0) is 30.7 Å². The highest BCUT2D eigenvalue weighted by atomic mass is 35.5. The average molecular weight is 229 g/mol. The Hall–Kier alpha value is -0.500. The predicted octanol–water partition coefficient (Wildman–Crippen LogP) is 3.17. The van der Waals surface area contributed by atoms with Gasteiger partial charge in [0.1, 0.15) is 0 Å². The molecule has 0 spiro atoms. The van der Waals surface area contributed by atoms with E-state index in [1.807, 2.05) is 18.7 Å². The quantitative estimate of drug-likeness (QED) is 0.727. The lowest BCUT2D eigenvalue weighted by Gasteiger charge is -2.28. The maximum absolute atomic E-state index is 6.03. The van der Waals surface area contributed by atoms with Crippen molar-refractivity contribution in [3.63, 3.8) is 0 Å². The van der Waals surface area contributed by atoms with Crippen LogP contribution in [0.15, 0.2) is 6.07 Å². The smallest absolute Gasteiger partial charge is 0.0596 e. The number of hydrogen-bond donors (Lipinski definition) is 0. The van der Waals surface area contributed by atoms with E-state index in [0.29, 0.717) is 11.8 Å². The maximum Gasteiger partial charge on any atom is 0.0596 e. The van der Waals surface area contributed by atoms with Crippen molar-refractivity contribution in [2.45, 2.75) is 34.1 Å². The molecule has 0 saturated carbocycles. The summed E-state index contributed by atoms with van der Waals surface area (Å²) in [5, 5.41) is 4.35. The molecule has 0 aliphatic rings. The van der Waals surface area contributed by atoms with Crippen molar-refractivity contribution in [3.05, 3.63) is 17.5 Å². The van der Waals surface area contributed by atoms with Crippen molar-refractivity contribution in [2.24, 2.45) is 18.4 Å². The van der Waals surface area contributed by atoms with E-state index in [2.05, 4.69) is 31.9 Å². The fourth-order valence-electron chi connectivity index (χ4n) is 1.70. The Kier molecular flexibility index (Phi) is 3.82. The molecule has 1 rings (SSSR count). The van der Waals surface area contributed by atoms with Crippen molar-refractivity contribution in [1.82, 2.24) is 9.78 Å². The summed E-state index contributed by atoms with van der Waals surface area (Å²) in [6.07, 6.45) is 1.00. The van der Waals surface area contributed by atoms with E-state index in [1.165, 1.54) is 5.69 Å². The zero-order chi connectivity index (χ0) is 11.6. The van der Waals surface area contributed by atoms with E-state index >= 15 is 0 Å². The summed E-state index contributed by atoms with van der Waals surface area (Å²) >= 11 is 6.03. The zero-order valence-corrected chi connectivity index (χ0v) is 11.1. The summed E-state index contributed by atoms with van der Waals surface area (Å²) in [5.74, 6) is 1.20. The normalized spacial score (nSPS) is 14.3. The van der Waals surface area contributed by atoms with Crippen LogP contribution in [0.1, 0.15) is 32.2 Å². The van der Waals surface area contributed by atoms with Crippen LogP contribution in [0.3, 0.4) is 0 Å². The van der Waals surface area contributed by atoms with Crippen LogP contribution in [-0.4, -0.2) is 15.7 Å². The number of aromatic nitrogens is 2. The first-order valence-corrected chi connectivity index (χ1v) is 5.93. The number of nitrogens with zero attached hydrogens (tertiary/aromatic N) is 2. The molecule has 0 aromatic carbocycles. The second-order valence-corrected chi connectivity index (χ2v) is 5.63. The number of aryl methyl sites for hydroxylation is 2. The molecule has 0 aliphatic carbocycles. The van der Waals surface area contributed by atoms with Crippen LogP contribution >= 0.6 is 11.6 Å². The van der Waals surface area contributed by atoms with Gasteiger partial charge in [-0.15, -0.1) is 11.6 Å². The lowest BCUT2D eigenvalue weighted by atomic mass is 9.79. The van der Waals surface area contributed by atoms with Gasteiger partial charge < -0.3 is 0 Å². The number of halogens is 1. The van der Waals surface area contributed by atoms with Crippen LogP contribution in [0.2, 0.25) is 0 Å². The minimum Gasteiger partial charge on any atom is -0.272 e. The van der Waals surface area contributed by atoms with E-state index in [-0.39, 0.29) is 5.41 Å². The van der Waals surface area contributed by atoms with Crippen molar-refractivity contribution >= 4 is 11.6 Å². The van der Waals surface area contributed by atoms with Gasteiger partial charge in [0.05, 0.1) is 5.69 Å². The lowest BCUT2D eigenvalue weighted by Crippen LogP contribution is -2.25. The van der Waals surface area contributed by atoms with Crippen LogP contribution < -0.4 is 0 Å². The third kappa shape index (κ3) is 3.23. The number of hydrogen-bond acceptors (Lipinski definition) is 1. The summed E-state index contributed by atoms with van der Waals surface area (Å²) < 4.78 is 1.96. The molecule has 0 N–H and O–H groups in total. The Morgan fingerprint density at radius 3 is 2.40 bits per heavy atom. The van der Waals surface area contributed by atoms with Crippen molar-refractivity contribution < 1.29 is 0 Å². The minimum atomic E-state index is 0.250. The molecule has 1 atom stereocenters. The SMILES string of the molecule is Cc1cc(CC(CCl)C(C)(C)C)n(C)n1. The van der Waals surface area contributed by atoms with Crippen LogP contribution in [0.25, 0.3) is 0 Å². The molecular formula is C12H21ClN2. The summed E-state index contributed by atoms with van der Waals surface area (Å²) in [6.45, 7) is 8.74. The molecule has 86 valence electrons. The maximum atomic E-state index is 6.03. The molecule has 0 saturated heterocycles. The summed E-state index contributed by atoms with van der Waals surface area (Å²) in [7, 11) is 2.00. The van der Waals surface area contributed by atoms with Crippen molar-refractivity contribution in [1.29, 1.82) is 0 Å². The number of alkyl halides is 1. The van der Waals surface area contributed by atoms with Gasteiger partial charge in [0, 0.05) is 18.6 Å². The molecule has 0 fully saturated rings. The molecule has 15 heavy (non-hydrogen) atoms. The molecule has 0 aliphatic heterocycles. The summed E-state index contributed by atoms with van der Waals surface area (Å²) in [6, 6.07) is 2.14. The molecule has 1 aromatic rings. The average Bonchev–Trinajstić information content (AvgIpc) is 2.38. The Labute approximate surface area is 97.6 Å². The van der Waals surface area contributed by atoms with Gasteiger partial charge in [0.2, 0.25) is 0 Å². The molecular weight excluding hydrogens is 208 g/mol. The van der Waals surface area contributed by atoms with E-state index in [4.69, 9.17) is 11.6 Å². The Bertz CT molecular complexity index is 323. The second kappa shape index (κ2) is 4.56. The number of rotatable bonds is 3. The van der Waals surface area contributed by atoms with Gasteiger partial charge in [-0.25, -0.2) is 0 Å². The molecule has 2 nitrogen and oxygen atoms in total. The highest BCUT2D eigenvalue weighted by molar-refractivity contribution is 6.18. The second-order valence-electron chi connectivity index (χ2n) is 5.32. The summed E-state index contributed by atoms with van der Waals surface area (Å²) in [5.41, 5.74) is 2.60. The van der Waals surface area contributed by atoms with Crippen LogP contribution in [0.5, 0.6) is 0 Å². The van der Waals surface area contributed by atoms with Crippen LogP contribution in [0.4, 0.5) is 0 Å². The van der Waals surface area contributed by atoms with Crippen LogP contribution in [0, 0.1) is 18.3 Å². The zero-order valence-electron chi connectivity index (χ0n) is 10.3. The predicted molar refractivity (Wildman–Crippen MR) is 65.3 cm³/mol. The Balaban J connectivity index is 2.80. The largest absolute Gasteiger partial charge is 0.272 e. The van der Waals surface area contributed by atoms with E-state index in [1.54, 1.807) is 0 Å². The van der Waals surface area contributed by atoms with Gasteiger partial charge >= 0.3 is 0 Å². The first-order valence-electron chi connectivity index (χ1n) is 5.40. The Morgan fingerprint density at radius 2 is 2.07 bits per heavy atom. The fraction of sp³-hybridized carbons (Fsp3) is 0.750. The van der Waals surface area contributed by atoms with Crippen molar-refractivity contribution in [3.8, 4) is 0 Å². The lowest BCUT2D eigenvalue weighted by molar-refractivity contribution is 0.260. The van der Waals surface area contributed by atoms with E-state index < -0.39 is 0 Å². The molecule has 0 amide bonds. The molecule has 3 heteroatoms. The molecule has 1 heterocycles.